The van der Waals surface area contributed by atoms with E-state index in [1.165, 1.54) is 6.92 Å². The van der Waals surface area contributed by atoms with Crippen molar-refractivity contribution >= 4 is 17.7 Å². The maximum Gasteiger partial charge on any atom is 0.342 e. The lowest BCUT2D eigenvalue weighted by Gasteiger charge is -2.18. The number of nitrogens with zero attached hydrogens (tertiary/aromatic N) is 1. The summed E-state index contributed by atoms with van der Waals surface area (Å²) in [6.07, 6.45) is 0.664. The standard InChI is InChI=1S/C11H12N2O3/c1-6-5-8-3-4-16-11(15)9(8)10(12-6)13-7(2)14/h5H,3-4H2,1-2H3,(H,12,13,14). The molecule has 1 aliphatic rings. The molecule has 2 rings (SSSR count). The van der Waals surface area contributed by atoms with Gasteiger partial charge in [-0.1, -0.05) is 0 Å². The number of esters is 1. The van der Waals surface area contributed by atoms with Crippen molar-refractivity contribution in [3.05, 3.63) is 22.9 Å². The highest BCUT2D eigenvalue weighted by Crippen LogP contribution is 2.24. The van der Waals surface area contributed by atoms with Crippen LogP contribution in [0.4, 0.5) is 5.82 Å². The van der Waals surface area contributed by atoms with Crippen molar-refractivity contribution in [2.75, 3.05) is 11.9 Å². The van der Waals surface area contributed by atoms with Crippen LogP contribution in [0.5, 0.6) is 0 Å². The zero-order valence-corrected chi connectivity index (χ0v) is 9.16. The second-order valence-corrected chi connectivity index (χ2v) is 3.71. The van der Waals surface area contributed by atoms with Gasteiger partial charge in [-0.15, -0.1) is 0 Å². The van der Waals surface area contributed by atoms with E-state index < -0.39 is 5.97 Å². The molecule has 0 atom stereocenters. The lowest BCUT2D eigenvalue weighted by atomic mass is 10.0. The highest BCUT2D eigenvalue weighted by molar-refractivity contribution is 6.01. The number of carbonyl (C=O) groups is 2. The maximum absolute atomic E-state index is 11.6. The van der Waals surface area contributed by atoms with E-state index in [0.29, 0.717) is 24.4 Å². The average molecular weight is 220 g/mol. The maximum atomic E-state index is 11.6. The molecule has 0 saturated heterocycles. The summed E-state index contributed by atoms with van der Waals surface area (Å²) in [5.74, 6) is -0.372. The van der Waals surface area contributed by atoms with E-state index in [1.807, 2.05) is 13.0 Å². The van der Waals surface area contributed by atoms with Gasteiger partial charge in [0.1, 0.15) is 11.4 Å². The van der Waals surface area contributed by atoms with E-state index in [1.54, 1.807) is 0 Å². The normalized spacial score (nSPS) is 14.0. The number of carbonyl (C=O) groups excluding carboxylic acids is 2. The topological polar surface area (TPSA) is 68.3 Å². The first-order valence-electron chi connectivity index (χ1n) is 5.03. The molecule has 1 amide bonds. The molecule has 2 heterocycles. The Morgan fingerprint density at radius 3 is 3.00 bits per heavy atom. The largest absolute Gasteiger partial charge is 0.462 e. The summed E-state index contributed by atoms with van der Waals surface area (Å²) >= 11 is 0. The number of hydrogen-bond donors (Lipinski definition) is 1. The number of rotatable bonds is 1. The molecule has 16 heavy (non-hydrogen) atoms. The molecule has 1 N–H and O–H groups in total. The fraction of sp³-hybridized carbons (Fsp3) is 0.364. The van der Waals surface area contributed by atoms with Crippen molar-refractivity contribution in [1.29, 1.82) is 0 Å². The first-order valence-corrected chi connectivity index (χ1v) is 5.03. The molecule has 1 aliphatic heterocycles. The predicted octanol–water partition coefficient (Wildman–Crippen LogP) is 1.06. The van der Waals surface area contributed by atoms with Crippen molar-refractivity contribution in [2.24, 2.45) is 0 Å². The van der Waals surface area contributed by atoms with Gasteiger partial charge in [0.25, 0.3) is 0 Å². The van der Waals surface area contributed by atoms with Gasteiger partial charge in [0, 0.05) is 19.0 Å². The SMILES string of the molecule is CC(=O)Nc1nc(C)cc2c1C(=O)OCC2. The zero-order valence-electron chi connectivity index (χ0n) is 9.16. The van der Waals surface area contributed by atoms with Crippen molar-refractivity contribution in [2.45, 2.75) is 20.3 Å². The van der Waals surface area contributed by atoms with Crippen LogP contribution >= 0.6 is 0 Å². The number of cyclic esters (lactones) is 1. The third-order valence-electron chi connectivity index (χ3n) is 2.33. The number of amides is 1. The van der Waals surface area contributed by atoms with Crippen LogP contribution in [0.2, 0.25) is 0 Å². The summed E-state index contributed by atoms with van der Waals surface area (Å²) in [6.45, 7) is 3.59. The van der Waals surface area contributed by atoms with Gasteiger partial charge < -0.3 is 10.1 Å². The Kier molecular flexibility index (Phi) is 2.60. The highest BCUT2D eigenvalue weighted by atomic mass is 16.5. The minimum atomic E-state index is -0.419. The summed E-state index contributed by atoms with van der Waals surface area (Å²) < 4.78 is 4.94. The molecule has 84 valence electrons. The van der Waals surface area contributed by atoms with Crippen molar-refractivity contribution in [1.82, 2.24) is 4.98 Å². The molecule has 0 saturated carbocycles. The van der Waals surface area contributed by atoms with E-state index in [9.17, 15) is 9.59 Å². The number of anilines is 1. The number of pyridine rings is 1. The van der Waals surface area contributed by atoms with E-state index in [4.69, 9.17) is 4.74 Å². The van der Waals surface area contributed by atoms with E-state index >= 15 is 0 Å². The average Bonchev–Trinajstić information content (AvgIpc) is 2.15. The van der Waals surface area contributed by atoms with Crippen molar-refractivity contribution in [3.8, 4) is 0 Å². The van der Waals surface area contributed by atoms with Crippen LogP contribution in [-0.4, -0.2) is 23.5 Å². The summed E-state index contributed by atoms with van der Waals surface area (Å²) in [7, 11) is 0. The van der Waals surface area contributed by atoms with Gasteiger partial charge in [0.15, 0.2) is 0 Å². The Morgan fingerprint density at radius 2 is 2.31 bits per heavy atom. The number of hydrogen-bond acceptors (Lipinski definition) is 4. The monoisotopic (exact) mass is 220 g/mol. The molecule has 1 aromatic heterocycles. The summed E-state index contributed by atoms with van der Waals surface area (Å²) in [5.41, 5.74) is 2.04. The Morgan fingerprint density at radius 1 is 1.56 bits per heavy atom. The zero-order chi connectivity index (χ0) is 11.7. The van der Waals surface area contributed by atoms with Gasteiger partial charge in [-0.05, 0) is 18.6 Å². The summed E-state index contributed by atoms with van der Waals surface area (Å²) in [4.78, 5) is 26.7. The molecular weight excluding hydrogens is 208 g/mol. The number of aryl methyl sites for hydroxylation is 1. The third kappa shape index (κ3) is 1.88. The van der Waals surface area contributed by atoms with Crippen LogP contribution in [0, 0.1) is 6.92 Å². The highest BCUT2D eigenvalue weighted by Gasteiger charge is 2.24. The van der Waals surface area contributed by atoms with E-state index in [2.05, 4.69) is 10.3 Å². The van der Waals surface area contributed by atoms with Crippen molar-refractivity contribution in [3.63, 3.8) is 0 Å². The molecule has 0 radical (unpaired) electrons. The number of ether oxygens (including phenoxy) is 1. The Bertz CT molecular complexity index is 469. The molecule has 0 fully saturated rings. The summed E-state index contributed by atoms with van der Waals surface area (Å²) in [5, 5.41) is 2.55. The van der Waals surface area contributed by atoms with Gasteiger partial charge in [0.2, 0.25) is 5.91 Å². The molecule has 5 heteroatoms. The molecule has 0 bridgehead atoms. The second kappa shape index (κ2) is 3.92. The van der Waals surface area contributed by atoms with Crippen LogP contribution in [0.15, 0.2) is 6.07 Å². The van der Waals surface area contributed by atoms with Crippen LogP contribution in [0.1, 0.15) is 28.5 Å². The fourth-order valence-electron chi connectivity index (χ4n) is 1.75. The molecule has 0 aliphatic carbocycles. The van der Waals surface area contributed by atoms with Crippen LogP contribution in [0.3, 0.4) is 0 Å². The minimum Gasteiger partial charge on any atom is -0.462 e. The number of fused-ring (bicyclic) bond motifs is 1. The van der Waals surface area contributed by atoms with Gasteiger partial charge in [-0.3, -0.25) is 4.79 Å². The van der Waals surface area contributed by atoms with E-state index in [-0.39, 0.29) is 5.91 Å². The Labute approximate surface area is 92.8 Å². The van der Waals surface area contributed by atoms with Gasteiger partial charge in [-0.25, -0.2) is 9.78 Å². The predicted molar refractivity (Wildman–Crippen MR) is 57.3 cm³/mol. The smallest absolute Gasteiger partial charge is 0.342 e. The molecule has 1 aromatic rings. The van der Waals surface area contributed by atoms with E-state index in [0.717, 1.165) is 11.3 Å². The van der Waals surface area contributed by atoms with Crippen LogP contribution in [0.25, 0.3) is 0 Å². The van der Waals surface area contributed by atoms with Crippen LogP contribution in [-0.2, 0) is 16.0 Å². The third-order valence-corrected chi connectivity index (χ3v) is 2.33. The fourth-order valence-corrected chi connectivity index (χ4v) is 1.75. The molecular formula is C11H12N2O3. The first-order chi connectivity index (χ1) is 7.58. The number of aromatic nitrogens is 1. The lowest BCUT2D eigenvalue weighted by Crippen LogP contribution is -2.22. The van der Waals surface area contributed by atoms with Crippen molar-refractivity contribution < 1.29 is 14.3 Å². The Balaban J connectivity index is 2.54. The lowest BCUT2D eigenvalue weighted by molar-refractivity contribution is -0.114. The molecule has 0 spiro atoms. The molecule has 0 aromatic carbocycles. The van der Waals surface area contributed by atoms with Gasteiger partial charge >= 0.3 is 5.97 Å². The quantitative estimate of drug-likeness (QED) is 0.718. The first kappa shape index (κ1) is 10.6. The van der Waals surface area contributed by atoms with Gasteiger partial charge in [0.05, 0.1) is 6.61 Å². The minimum absolute atomic E-state index is 0.251. The molecule has 5 nitrogen and oxygen atoms in total. The molecule has 0 unspecified atom stereocenters. The summed E-state index contributed by atoms with van der Waals surface area (Å²) in [6, 6.07) is 1.85. The second-order valence-electron chi connectivity index (χ2n) is 3.71. The number of nitrogens with one attached hydrogen (secondary N) is 1. The van der Waals surface area contributed by atoms with Crippen LogP contribution < -0.4 is 5.32 Å². The Hall–Kier alpha value is -1.91. The van der Waals surface area contributed by atoms with Gasteiger partial charge in [-0.2, -0.15) is 0 Å².